The summed E-state index contributed by atoms with van der Waals surface area (Å²) in [5.74, 6) is -1.95. The number of ketones is 1. The SMILES string of the molecule is C=CCOC(=O)C(C(=O)c1ccc(Br)c(OC(F)F)c1Br)=C(N)C1CC1. The minimum atomic E-state index is -3.09. The van der Waals surface area contributed by atoms with Crippen LogP contribution in [0.2, 0.25) is 0 Å². The zero-order chi connectivity index (χ0) is 19.4. The Labute approximate surface area is 165 Å². The Hall–Kier alpha value is -1.74. The van der Waals surface area contributed by atoms with Crippen molar-refractivity contribution >= 4 is 43.6 Å². The van der Waals surface area contributed by atoms with Gasteiger partial charge in [-0.1, -0.05) is 12.7 Å². The second kappa shape index (κ2) is 8.77. The molecule has 0 bridgehead atoms. The average Bonchev–Trinajstić information content (AvgIpc) is 3.41. The van der Waals surface area contributed by atoms with Crippen molar-refractivity contribution in [1.82, 2.24) is 0 Å². The van der Waals surface area contributed by atoms with Crippen molar-refractivity contribution in [3.05, 3.63) is 50.6 Å². The van der Waals surface area contributed by atoms with Gasteiger partial charge in [-0.05, 0) is 62.8 Å². The molecule has 0 heterocycles. The van der Waals surface area contributed by atoms with Crippen LogP contribution < -0.4 is 10.5 Å². The van der Waals surface area contributed by atoms with Gasteiger partial charge >= 0.3 is 12.6 Å². The predicted octanol–water partition coefficient (Wildman–Crippen LogP) is 4.35. The summed E-state index contributed by atoms with van der Waals surface area (Å²) < 4.78 is 34.8. The summed E-state index contributed by atoms with van der Waals surface area (Å²) in [5.41, 5.74) is 5.77. The van der Waals surface area contributed by atoms with Gasteiger partial charge in [0.05, 0.1) is 8.95 Å². The monoisotopic (exact) mass is 493 g/mol. The molecule has 1 fully saturated rings. The molecule has 0 aliphatic heterocycles. The minimum Gasteiger partial charge on any atom is -0.458 e. The lowest BCUT2D eigenvalue weighted by atomic mass is 9.99. The molecule has 1 aliphatic carbocycles. The summed E-state index contributed by atoms with van der Waals surface area (Å²) in [6.07, 6.45) is 2.88. The maximum atomic E-state index is 12.9. The first-order valence-corrected chi connectivity index (χ1v) is 9.11. The van der Waals surface area contributed by atoms with Gasteiger partial charge in [0.15, 0.2) is 5.75 Å². The molecule has 0 aromatic heterocycles. The van der Waals surface area contributed by atoms with E-state index in [1.54, 1.807) is 0 Å². The van der Waals surface area contributed by atoms with Gasteiger partial charge in [-0.3, -0.25) is 4.79 Å². The molecular weight excluding hydrogens is 480 g/mol. The van der Waals surface area contributed by atoms with Crippen LogP contribution in [0.5, 0.6) is 5.75 Å². The Morgan fingerprint density at radius 2 is 2.00 bits per heavy atom. The van der Waals surface area contributed by atoms with Gasteiger partial charge in [0, 0.05) is 11.3 Å². The number of ether oxygens (including phenoxy) is 2. The number of esters is 1. The third-order valence-electron chi connectivity index (χ3n) is 3.57. The first kappa shape index (κ1) is 20.6. The number of alkyl halides is 2. The zero-order valence-corrected chi connectivity index (χ0v) is 16.6. The van der Waals surface area contributed by atoms with E-state index in [1.807, 2.05) is 0 Å². The van der Waals surface area contributed by atoms with Gasteiger partial charge in [-0.25, -0.2) is 4.79 Å². The summed E-state index contributed by atoms with van der Waals surface area (Å²) in [5, 5.41) is 0. The topological polar surface area (TPSA) is 78.6 Å². The van der Waals surface area contributed by atoms with Crippen LogP contribution in [0.1, 0.15) is 23.2 Å². The summed E-state index contributed by atoms with van der Waals surface area (Å²) >= 11 is 6.17. The zero-order valence-electron chi connectivity index (χ0n) is 13.4. The predicted molar refractivity (Wildman–Crippen MR) is 97.9 cm³/mol. The van der Waals surface area contributed by atoms with Gasteiger partial charge in [0.25, 0.3) is 0 Å². The highest BCUT2D eigenvalue weighted by Gasteiger charge is 2.34. The van der Waals surface area contributed by atoms with E-state index in [2.05, 4.69) is 43.2 Å². The first-order chi connectivity index (χ1) is 12.3. The van der Waals surface area contributed by atoms with Gasteiger partial charge in [0.2, 0.25) is 5.78 Å². The summed E-state index contributed by atoms with van der Waals surface area (Å²) in [6, 6.07) is 2.74. The molecule has 9 heteroatoms. The molecule has 0 spiro atoms. The van der Waals surface area contributed by atoms with Crippen LogP contribution >= 0.6 is 31.9 Å². The van der Waals surface area contributed by atoms with Crippen molar-refractivity contribution < 1.29 is 27.8 Å². The fourth-order valence-corrected chi connectivity index (χ4v) is 3.50. The number of hydrogen-bond acceptors (Lipinski definition) is 5. The fraction of sp³-hybridized carbons (Fsp3) is 0.294. The Kier molecular flexibility index (Phi) is 6.94. The molecule has 2 rings (SSSR count). The minimum absolute atomic E-state index is 0.0187. The van der Waals surface area contributed by atoms with E-state index in [-0.39, 0.29) is 44.1 Å². The lowest BCUT2D eigenvalue weighted by Crippen LogP contribution is -2.23. The molecule has 1 aromatic rings. The highest BCUT2D eigenvalue weighted by molar-refractivity contribution is 9.11. The molecule has 0 radical (unpaired) electrons. The lowest BCUT2D eigenvalue weighted by molar-refractivity contribution is -0.137. The van der Waals surface area contributed by atoms with Crippen molar-refractivity contribution in [1.29, 1.82) is 0 Å². The largest absolute Gasteiger partial charge is 0.458 e. The number of hydrogen-bond donors (Lipinski definition) is 1. The molecule has 2 N–H and O–H groups in total. The van der Waals surface area contributed by atoms with E-state index in [0.29, 0.717) is 0 Å². The van der Waals surface area contributed by atoms with Crippen molar-refractivity contribution in [3.8, 4) is 5.75 Å². The maximum absolute atomic E-state index is 12.9. The Morgan fingerprint density at radius 3 is 2.54 bits per heavy atom. The number of allylic oxidation sites excluding steroid dienone is 1. The maximum Gasteiger partial charge on any atom is 0.387 e. The summed E-state index contributed by atoms with van der Waals surface area (Å²) in [6.45, 7) is 0.266. The van der Waals surface area contributed by atoms with Gasteiger partial charge < -0.3 is 15.2 Å². The second-order valence-electron chi connectivity index (χ2n) is 5.44. The molecular formula is C17H15Br2F2NO4. The van der Waals surface area contributed by atoms with Crippen LogP contribution in [0.15, 0.2) is 45.0 Å². The van der Waals surface area contributed by atoms with Crippen molar-refractivity contribution in [3.63, 3.8) is 0 Å². The molecule has 1 aromatic carbocycles. The van der Waals surface area contributed by atoms with E-state index < -0.39 is 18.4 Å². The standard InChI is InChI=1S/C17H15Br2F2NO4/c1-2-7-25-16(24)11(13(22)8-3-4-8)14(23)9-5-6-10(18)15(12(9)19)26-17(20)21/h2,5-6,8,17H,1,3-4,7,22H2. The Balaban J connectivity index is 2.48. The van der Waals surface area contributed by atoms with E-state index >= 15 is 0 Å². The number of carbonyl (C=O) groups is 2. The first-order valence-electron chi connectivity index (χ1n) is 7.53. The third kappa shape index (κ3) is 4.70. The molecule has 0 unspecified atom stereocenters. The second-order valence-corrected chi connectivity index (χ2v) is 7.08. The van der Waals surface area contributed by atoms with Crippen LogP contribution in [-0.4, -0.2) is 25.0 Å². The van der Waals surface area contributed by atoms with Crippen molar-refractivity contribution in [2.45, 2.75) is 19.5 Å². The number of benzene rings is 1. The van der Waals surface area contributed by atoms with Crippen LogP contribution in [0.3, 0.4) is 0 Å². The number of nitrogens with two attached hydrogens (primary N) is 1. The van der Waals surface area contributed by atoms with Crippen LogP contribution in [0.25, 0.3) is 0 Å². The highest BCUT2D eigenvalue weighted by atomic mass is 79.9. The van der Waals surface area contributed by atoms with Crippen molar-refractivity contribution in [2.75, 3.05) is 6.61 Å². The number of halogens is 4. The van der Waals surface area contributed by atoms with E-state index in [9.17, 15) is 18.4 Å². The molecule has 1 saturated carbocycles. The van der Waals surface area contributed by atoms with E-state index in [4.69, 9.17) is 10.5 Å². The highest BCUT2D eigenvalue weighted by Crippen LogP contribution is 2.40. The third-order valence-corrected chi connectivity index (χ3v) is 4.98. The van der Waals surface area contributed by atoms with Gasteiger partial charge in [0.1, 0.15) is 12.2 Å². The summed E-state index contributed by atoms with van der Waals surface area (Å²) in [7, 11) is 0. The Morgan fingerprint density at radius 1 is 1.35 bits per heavy atom. The molecule has 140 valence electrons. The van der Waals surface area contributed by atoms with Crippen molar-refractivity contribution in [2.24, 2.45) is 11.7 Å². The smallest absolute Gasteiger partial charge is 0.387 e. The average molecular weight is 495 g/mol. The van der Waals surface area contributed by atoms with Crippen LogP contribution in [0.4, 0.5) is 8.78 Å². The Bertz CT molecular complexity index is 776. The quantitative estimate of drug-likeness (QED) is 0.145. The normalized spacial score (nSPS) is 14.7. The number of rotatable bonds is 8. The van der Waals surface area contributed by atoms with Crippen LogP contribution in [0, 0.1) is 5.92 Å². The number of carbonyl (C=O) groups excluding carboxylic acids is 2. The van der Waals surface area contributed by atoms with Gasteiger partial charge in [-0.15, -0.1) is 0 Å². The van der Waals surface area contributed by atoms with Crippen LogP contribution in [-0.2, 0) is 9.53 Å². The van der Waals surface area contributed by atoms with E-state index in [0.717, 1.165) is 12.8 Å². The fourth-order valence-electron chi connectivity index (χ4n) is 2.19. The molecule has 5 nitrogen and oxygen atoms in total. The number of Topliss-reactive ketones (excluding diaryl/α,β-unsaturated/α-hetero) is 1. The molecule has 0 amide bonds. The molecule has 0 saturated heterocycles. The molecule has 26 heavy (non-hydrogen) atoms. The van der Waals surface area contributed by atoms with Gasteiger partial charge in [-0.2, -0.15) is 8.78 Å². The molecule has 0 atom stereocenters. The lowest BCUT2D eigenvalue weighted by Gasteiger charge is -2.14. The molecule has 1 aliphatic rings. The van der Waals surface area contributed by atoms with E-state index in [1.165, 1.54) is 18.2 Å². The summed E-state index contributed by atoms with van der Waals surface area (Å²) in [4.78, 5) is 25.3.